The second-order valence-corrected chi connectivity index (χ2v) is 9.66. The van der Waals surface area contributed by atoms with Crippen LogP contribution in [0.15, 0.2) is 54.3 Å². The van der Waals surface area contributed by atoms with E-state index in [0.29, 0.717) is 17.9 Å². The Morgan fingerprint density at radius 1 is 1.03 bits per heavy atom. The Kier molecular flexibility index (Phi) is 6.66. The zero-order valence-corrected chi connectivity index (χ0v) is 19.3. The molecule has 0 bridgehead atoms. The number of nitrogens with zero attached hydrogens (tertiary/aromatic N) is 1. The van der Waals surface area contributed by atoms with Crippen LogP contribution in [0.3, 0.4) is 0 Å². The summed E-state index contributed by atoms with van der Waals surface area (Å²) in [6, 6.07) is 14.0. The minimum atomic E-state index is -0.300. The number of ether oxygens (including phenoxy) is 1. The van der Waals surface area contributed by atoms with Crippen LogP contribution in [0.4, 0.5) is 4.39 Å². The molecule has 2 unspecified atom stereocenters. The summed E-state index contributed by atoms with van der Waals surface area (Å²) in [5, 5.41) is 3.10. The van der Waals surface area contributed by atoms with Gasteiger partial charge < -0.3 is 15.0 Å². The number of carbonyl (C=O) groups excluding carboxylic acids is 2. The van der Waals surface area contributed by atoms with Gasteiger partial charge in [0.1, 0.15) is 11.9 Å². The number of fused-ring (bicyclic) bond motifs is 1. The SMILES string of the molecule is O=C(NC1CCCC1)c1ccc(/C=C2\OC3CCCCC3N(Cc3cccc(F)c3)C2=O)cc1. The highest BCUT2D eigenvalue weighted by atomic mass is 19.1. The van der Waals surface area contributed by atoms with Gasteiger partial charge in [-0.3, -0.25) is 9.59 Å². The highest BCUT2D eigenvalue weighted by Gasteiger charge is 2.41. The molecule has 178 valence electrons. The lowest BCUT2D eigenvalue weighted by Gasteiger charge is -2.44. The molecule has 1 N–H and O–H groups in total. The molecular formula is C28H31FN2O3. The fourth-order valence-electron chi connectivity index (χ4n) is 5.41. The van der Waals surface area contributed by atoms with Crippen molar-refractivity contribution in [3.8, 4) is 0 Å². The number of benzene rings is 2. The first-order valence-electron chi connectivity index (χ1n) is 12.4. The largest absolute Gasteiger partial charge is 0.482 e. The fourth-order valence-corrected chi connectivity index (χ4v) is 5.41. The van der Waals surface area contributed by atoms with E-state index in [1.165, 1.54) is 25.0 Å². The summed E-state index contributed by atoms with van der Waals surface area (Å²) in [5.41, 5.74) is 2.20. The highest BCUT2D eigenvalue weighted by Crippen LogP contribution is 2.34. The standard InChI is InChI=1S/C28H31FN2O3/c29-22-7-5-6-20(16-22)18-31-24-10-3-4-11-25(24)34-26(28(31)33)17-19-12-14-21(15-13-19)27(32)30-23-8-1-2-9-23/h5-7,12-17,23-25H,1-4,8-11,18H2,(H,30,32)/b26-17-. The fraction of sp³-hybridized carbons (Fsp3) is 0.429. The van der Waals surface area contributed by atoms with Gasteiger partial charge in [-0.25, -0.2) is 4.39 Å². The van der Waals surface area contributed by atoms with E-state index >= 15 is 0 Å². The van der Waals surface area contributed by atoms with Crippen LogP contribution < -0.4 is 5.32 Å². The van der Waals surface area contributed by atoms with Crippen LogP contribution in [0.1, 0.15) is 72.9 Å². The Morgan fingerprint density at radius 3 is 2.53 bits per heavy atom. The molecule has 2 aliphatic carbocycles. The zero-order valence-electron chi connectivity index (χ0n) is 19.3. The van der Waals surface area contributed by atoms with Crippen LogP contribution in [-0.4, -0.2) is 34.9 Å². The second-order valence-electron chi connectivity index (χ2n) is 9.66. The summed E-state index contributed by atoms with van der Waals surface area (Å²) < 4.78 is 19.9. The van der Waals surface area contributed by atoms with Gasteiger partial charge in [0.15, 0.2) is 5.76 Å². The Morgan fingerprint density at radius 2 is 1.76 bits per heavy atom. The molecule has 6 heteroatoms. The van der Waals surface area contributed by atoms with E-state index < -0.39 is 0 Å². The number of carbonyl (C=O) groups is 2. The maximum absolute atomic E-state index is 13.8. The first-order chi connectivity index (χ1) is 16.6. The Bertz CT molecular complexity index is 1080. The van der Waals surface area contributed by atoms with Gasteiger partial charge in [0, 0.05) is 18.2 Å². The first-order valence-corrected chi connectivity index (χ1v) is 12.4. The maximum atomic E-state index is 13.8. The molecule has 2 atom stereocenters. The van der Waals surface area contributed by atoms with Gasteiger partial charge in [0.05, 0.1) is 6.04 Å². The number of morpholine rings is 1. The predicted octanol–water partition coefficient (Wildman–Crippen LogP) is 5.21. The average Bonchev–Trinajstić information content (AvgIpc) is 3.35. The minimum Gasteiger partial charge on any atom is -0.482 e. The number of hydrogen-bond donors (Lipinski definition) is 1. The zero-order chi connectivity index (χ0) is 23.5. The summed E-state index contributed by atoms with van der Waals surface area (Å²) in [5.74, 6) is -0.216. The summed E-state index contributed by atoms with van der Waals surface area (Å²) in [4.78, 5) is 27.8. The van der Waals surface area contributed by atoms with Crippen LogP contribution in [0.25, 0.3) is 6.08 Å². The van der Waals surface area contributed by atoms with E-state index in [0.717, 1.165) is 49.7 Å². The summed E-state index contributed by atoms with van der Waals surface area (Å²) in [7, 11) is 0. The van der Waals surface area contributed by atoms with Crippen LogP contribution in [-0.2, 0) is 16.1 Å². The molecule has 2 saturated carbocycles. The van der Waals surface area contributed by atoms with Gasteiger partial charge in [0.2, 0.25) is 0 Å². The quantitative estimate of drug-likeness (QED) is 0.621. The van der Waals surface area contributed by atoms with Crippen molar-refractivity contribution in [2.75, 3.05) is 0 Å². The molecule has 0 aromatic heterocycles. The van der Waals surface area contributed by atoms with Crippen molar-refractivity contribution >= 4 is 17.9 Å². The van der Waals surface area contributed by atoms with Crippen LogP contribution in [0.2, 0.25) is 0 Å². The van der Waals surface area contributed by atoms with E-state index in [1.54, 1.807) is 24.3 Å². The van der Waals surface area contributed by atoms with E-state index in [2.05, 4.69) is 5.32 Å². The Hall–Kier alpha value is -3.15. The topological polar surface area (TPSA) is 58.6 Å². The monoisotopic (exact) mass is 462 g/mol. The lowest BCUT2D eigenvalue weighted by Crippen LogP contribution is -2.54. The van der Waals surface area contributed by atoms with Crippen LogP contribution >= 0.6 is 0 Å². The molecule has 3 fully saturated rings. The van der Waals surface area contributed by atoms with Crippen molar-refractivity contribution in [2.45, 2.75) is 76.1 Å². The molecule has 0 radical (unpaired) electrons. The number of rotatable bonds is 5. The minimum absolute atomic E-state index is 0.00308. The molecule has 2 amide bonds. The van der Waals surface area contributed by atoms with E-state index in [9.17, 15) is 14.0 Å². The van der Waals surface area contributed by atoms with Gasteiger partial charge in [-0.05, 0) is 73.6 Å². The maximum Gasteiger partial charge on any atom is 0.289 e. The van der Waals surface area contributed by atoms with Gasteiger partial charge in [-0.15, -0.1) is 0 Å². The lowest BCUT2D eigenvalue weighted by atomic mass is 9.89. The third kappa shape index (κ3) is 5.01. The highest BCUT2D eigenvalue weighted by molar-refractivity contribution is 5.97. The molecule has 1 saturated heterocycles. The molecule has 5 nitrogen and oxygen atoms in total. The van der Waals surface area contributed by atoms with Gasteiger partial charge in [-0.1, -0.05) is 43.5 Å². The van der Waals surface area contributed by atoms with Crippen molar-refractivity contribution in [1.82, 2.24) is 10.2 Å². The molecule has 5 rings (SSSR count). The van der Waals surface area contributed by atoms with Crippen molar-refractivity contribution in [3.63, 3.8) is 0 Å². The van der Waals surface area contributed by atoms with Crippen LogP contribution in [0.5, 0.6) is 0 Å². The molecule has 3 aliphatic rings. The number of amides is 2. The third-order valence-corrected chi connectivity index (χ3v) is 7.22. The lowest BCUT2D eigenvalue weighted by molar-refractivity contribution is -0.149. The van der Waals surface area contributed by atoms with Crippen molar-refractivity contribution in [3.05, 3.63) is 76.8 Å². The van der Waals surface area contributed by atoms with Crippen molar-refractivity contribution in [1.29, 1.82) is 0 Å². The van der Waals surface area contributed by atoms with E-state index in [1.807, 2.05) is 23.1 Å². The summed E-state index contributed by atoms with van der Waals surface area (Å²) in [6.45, 7) is 0.360. The van der Waals surface area contributed by atoms with Gasteiger partial charge in [-0.2, -0.15) is 0 Å². The van der Waals surface area contributed by atoms with Crippen molar-refractivity contribution in [2.24, 2.45) is 0 Å². The number of nitrogens with one attached hydrogen (secondary N) is 1. The molecule has 2 aromatic rings. The second kappa shape index (κ2) is 10.00. The number of hydrogen-bond acceptors (Lipinski definition) is 3. The molecule has 1 heterocycles. The first kappa shape index (κ1) is 22.6. The molecule has 34 heavy (non-hydrogen) atoms. The summed E-state index contributed by atoms with van der Waals surface area (Å²) in [6.07, 6.45) is 10.1. The van der Waals surface area contributed by atoms with Gasteiger partial charge >= 0.3 is 0 Å². The molecule has 1 aliphatic heterocycles. The molecule has 2 aromatic carbocycles. The van der Waals surface area contributed by atoms with E-state index in [-0.39, 0.29) is 35.8 Å². The van der Waals surface area contributed by atoms with Crippen molar-refractivity contribution < 1.29 is 18.7 Å². The van der Waals surface area contributed by atoms with Gasteiger partial charge in [0.25, 0.3) is 11.8 Å². The number of halogens is 1. The molecular weight excluding hydrogens is 431 g/mol. The smallest absolute Gasteiger partial charge is 0.289 e. The Labute approximate surface area is 200 Å². The summed E-state index contributed by atoms with van der Waals surface area (Å²) >= 11 is 0. The third-order valence-electron chi connectivity index (χ3n) is 7.22. The Balaban J connectivity index is 1.34. The van der Waals surface area contributed by atoms with Crippen LogP contribution in [0, 0.1) is 5.82 Å². The predicted molar refractivity (Wildman–Crippen MR) is 128 cm³/mol. The molecule has 0 spiro atoms. The normalized spacial score (nSPS) is 24.1. The average molecular weight is 463 g/mol. The van der Waals surface area contributed by atoms with E-state index in [4.69, 9.17) is 4.74 Å².